The summed E-state index contributed by atoms with van der Waals surface area (Å²) in [4.78, 5) is 25.8. The number of hydrogen-bond acceptors (Lipinski definition) is 3. The van der Waals surface area contributed by atoms with Crippen LogP contribution in [0.15, 0.2) is 27.6 Å². The molecule has 0 atom stereocenters. The molecule has 0 aliphatic heterocycles. The Morgan fingerprint density at radius 1 is 1.44 bits per heavy atom. The van der Waals surface area contributed by atoms with E-state index in [9.17, 15) is 9.59 Å². The molecule has 0 spiro atoms. The Morgan fingerprint density at radius 2 is 2.11 bits per heavy atom. The maximum absolute atomic E-state index is 12.3. The molecule has 0 aromatic heterocycles. The molecular formula is C12H15BrN2O2S. The van der Waals surface area contributed by atoms with Gasteiger partial charge in [-0.15, -0.1) is 12.6 Å². The second kappa shape index (κ2) is 6.80. The van der Waals surface area contributed by atoms with Crippen LogP contribution in [0.4, 0.5) is 0 Å². The molecule has 1 aromatic carbocycles. The van der Waals surface area contributed by atoms with Gasteiger partial charge in [-0.25, -0.2) is 0 Å². The normalized spacial score (nSPS) is 10.0. The third kappa shape index (κ3) is 3.74. The Bertz CT molecular complexity index is 465. The largest absolute Gasteiger partial charge is 0.358 e. The number of rotatable bonds is 4. The molecule has 0 radical (unpaired) electrons. The highest BCUT2D eigenvalue weighted by Crippen LogP contribution is 2.21. The first kappa shape index (κ1) is 15.0. The summed E-state index contributed by atoms with van der Waals surface area (Å²) in [5.74, 6) is -0.382. The van der Waals surface area contributed by atoms with Crippen molar-refractivity contribution in [1.29, 1.82) is 0 Å². The summed E-state index contributed by atoms with van der Waals surface area (Å²) in [6.07, 6.45) is 0. The van der Waals surface area contributed by atoms with Crippen LogP contribution in [-0.4, -0.2) is 36.9 Å². The Hall–Kier alpha value is -1.01. The highest BCUT2D eigenvalue weighted by atomic mass is 79.9. The first-order valence-corrected chi connectivity index (χ1v) is 6.72. The van der Waals surface area contributed by atoms with Gasteiger partial charge in [0.25, 0.3) is 5.91 Å². The average molecular weight is 331 g/mol. The zero-order valence-electron chi connectivity index (χ0n) is 10.2. The van der Waals surface area contributed by atoms with Crippen LogP contribution >= 0.6 is 28.6 Å². The quantitative estimate of drug-likeness (QED) is 0.829. The maximum Gasteiger partial charge on any atom is 0.255 e. The number of nitrogens with zero attached hydrogens (tertiary/aromatic N) is 1. The van der Waals surface area contributed by atoms with Crippen LogP contribution in [0.3, 0.4) is 0 Å². The van der Waals surface area contributed by atoms with Crippen molar-refractivity contribution >= 4 is 40.4 Å². The minimum absolute atomic E-state index is 0.0507. The Morgan fingerprint density at radius 3 is 2.67 bits per heavy atom. The second-order valence-corrected chi connectivity index (χ2v) is 5.03. The van der Waals surface area contributed by atoms with Gasteiger partial charge in [0.05, 0.1) is 12.1 Å². The molecule has 0 aliphatic carbocycles. The molecule has 98 valence electrons. The highest BCUT2D eigenvalue weighted by molar-refractivity contribution is 9.10. The van der Waals surface area contributed by atoms with Gasteiger partial charge in [0.1, 0.15) is 0 Å². The molecule has 18 heavy (non-hydrogen) atoms. The number of hydrogen-bond donors (Lipinski definition) is 2. The summed E-state index contributed by atoms with van der Waals surface area (Å²) in [5.41, 5.74) is 0.508. The van der Waals surface area contributed by atoms with Crippen molar-refractivity contribution in [2.24, 2.45) is 0 Å². The minimum Gasteiger partial charge on any atom is -0.358 e. The molecule has 0 heterocycles. The van der Waals surface area contributed by atoms with Crippen LogP contribution in [-0.2, 0) is 4.79 Å². The maximum atomic E-state index is 12.3. The van der Waals surface area contributed by atoms with Gasteiger partial charge in [0.15, 0.2) is 0 Å². The summed E-state index contributed by atoms with van der Waals surface area (Å²) >= 11 is 7.54. The topological polar surface area (TPSA) is 49.4 Å². The van der Waals surface area contributed by atoms with Gasteiger partial charge in [0, 0.05) is 23.0 Å². The van der Waals surface area contributed by atoms with E-state index in [4.69, 9.17) is 0 Å². The summed E-state index contributed by atoms with van der Waals surface area (Å²) < 4.78 is 0.695. The Labute approximate surface area is 120 Å². The molecule has 0 aliphatic rings. The molecular weight excluding hydrogens is 316 g/mol. The number of nitrogens with one attached hydrogen (secondary N) is 1. The van der Waals surface area contributed by atoms with Crippen molar-refractivity contribution in [2.75, 3.05) is 20.1 Å². The third-order valence-corrected chi connectivity index (χ3v) is 3.43. The molecule has 0 bridgehead atoms. The lowest BCUT2D eigenvalue weighted by Crippen LogP contribution is -2.39. The molecule has 0 fully saturated rings. The van der Waals surface area contributed by atoms with Crippen LogP contribution in [0.25, 0.3) is 0 Å². The predicted octanol–water partition coefficient (Wildman–Crippen LogP) is 1.95. The summed E-state index contributed by atoms with van der Waals surface area (Å²) in [6, 6.07) is 5.24. The first-order valence-electron chi connectivity index (χ1n) is 5.48. The number of carbonyl (C=O) groups excluding carboxylic acids is 2. The number of benzene rings is 1. The van der Waals surface area contributed by atoms with Gasteiger partial charge >= 0.3 is 0 Å². The van der Waals surface area contributed by atoms with E-state index in [2.05, 4.69) is 33.9 Å². The Kier molecular flexibility index (Phi) is 5.68. The van der Waals surface area contributed by atoms with Gasteiger partial charge in [-0.1, -0.05) is 0 Å². The van der Waals surface area contributed by atoms with Gasteiger partial charge in [-0.2, -0.15) is 0 Å². The van der Waals surface area contributed by atoms with E-state index in [1.54, 1.807) is 25.2 Å². The standard InChI is InChI=1S/C12H15BrN2O2S/c1-3-15(7-11(16)14-2)12(17)9-6-8(18)4-5-10(9)13/h4-6,18H,3,7H2,1-2H3,(H,14,16). The lowest BCUT2D eigenvalue weighted by atomic mass is 10.2. The van der Waals surface area contributed by atoms with Crippen LogP contribution < -0.4 is 5.32 Å². The van der Waals surface area contributed by atoms with Crippen LogP contribution in [0, 0.1) is 0 Å². The summed E-state index contributed by atoms with van der Waals surface area (Å²) in [6.45, 7) is 2.35. The molecule has 0 saturated heterocycles. The molecule has 0 saturated carbocycles. The van der Waals surface area contributed by atoms with Gasteiger partial charge < -0.3 is 10.2 Å². The Balaban J connectivity index is 2.96. The van der Waals surface area contributed by atoms with Gasteiger partial charge in [0.2, 0.25) is 5.91 Å². The molecule has 2 amide bonds. The van der Waals surface area contributed by atoms with Crippen molar-refractivity contribution < 1.29 is 9.59 Å². The zero-order valence-corrected chi connectivity index (χ0v) is 12.7. The molecule has 1 rings (SSSR count). The number of likely N-dealkylation sites (N-methyl/N-ethyl adjacent to an activating group) is 2. The SMILES string of the molecule is CCN(CC(=O)NC)C(=O)c1cc(S)ccc1Br. The smallest absolute Gasteiger partial charge is 0.255 e. The van der Waals surface area contributed by atoms with E-state index in [0.29, 0.717) is 21.5 Å². The van der Waals surface area contributed by atoms with E-state index in [1.165, 1.54) is 4.90 Å². The molecule has 4 nitrogen and oxygen atoms in total. The summed E-state index contributed by atoms with van der Waals surface area (Å²) in [7, 11) is 1.55. The minimum atomic E-state index is -0.191. The lowest BCUT2D eigenvalue weighted by molar-refractivity contribution is -0.121. The van der Waals surface area contributed by atoms with E-state index in [1.807, 2.05) is 6.92 Å². The predicted molar refractivity (Wildman–Crippen MR) is 77.0 cm³/mol. The zero-order chi connectivity index (χ0) is 13.7. The number of amides is 2. The fourth-order valence-electron chi connectivity index (χ4n) is 1.43. The fraction of sp³-hybridized carbons (Fsp3) is 0.333. The lowest BCUT2D eigenvalue weighted by Gasteiger charge is -2.20. The first-order chi connectivity index (χ1) is 8.49. The van der Waals surface area contributed by atoms with E-state index in [-0.39, 0.29) is 18.4 Å². The number of carbonyl (C=O) groups is 2. The highest BCUT2D eigenvalue weighted by Gasteiger charge is 2.19. The number of thiol groups is 1. The van der Waals surface area contributed by atoms with Gasteiger partial charge in [-0.05, 0) is 41.1 Å². The molecule has 1 aromatic rings. The van der Waals surface area contributed by atoms with Crippen molar-refractivity contribution in [3.05, 3.63) is 28.2 Å². The van der Waals surface area contributed by atoms with Crippen LogP contribution in [0.1, 0.15) is 17.3 Å². The fourth-order valence-corrected chi connectivity index (χ4v) is 2.05. The monoisotopic (exact) mass is 330 g/mol. The van der Waals surface area contributed by atoms with Crippen LogP contribution in [0.5, 0.6) is 0 Å². The molecule has 0 unspecified atom stereocenters. The van der Waals surface area contributed by atoms with Crippen molar-refractivity contribution in [2.45, 2.75) is 11.8 Å². The summed E-state index contributed by atoms with van der Waals surface area (Å²) in [5, 5.41) is 2.50. The van der Waals surface area contributed by atoms with E-state index >= 15 is 0 Å². The third-order valence-electron chi connectivity index (χ3n) is 2.46. The van der Waals surface area contributed by atoms with Gasteiger partial charge in [-0.3, -0.25) is 9.59 Å². The molecule has 6 heteroatoms. The van der Waals surface area contributed by atoms with E-state index < -0.39 is 0 Å². The van der Waals surface area contributed by atoms with Crippen LogP contribution in [0.2, 0.25) is 0 Å². The van der Waals surface area contributed by atoms with Crippen molar-refractivity contribution in [3.63, 3.8) is 0 Å². The second-order valence-electron chi connectivity index (χ2n) is 3.66. The number of halogens is 1. The van der Waals surface area contributed by atoms with Crippen molar-refractivity contribution in [1.82, 2.24) is 10.2 Å². The average Bonchev–Trinajstić information content (AvgIpc) is 2.37. The molecule has 1 N–H and O–H groups in total. The van der Waals surface area contributed by atoms with E-state index in [0.717, 1.165) is 0 Å². The van der Waals surface area contributed by atoms with Crippen molar-refractivity contribution in [3.8, 4) is 0 Å².